The Bertz CT molecular complexity index is 1050. The molecule has 1 amide bonds. The molecule has 0 bridgehead atoms. The smallest absolute Gasteiger partial charge is 0.261 e. The Labute approximate surface area is 158 Å². The molecular weight excluding hydrogens is 338 g/mol. The highest BCUT2D eigenvalue weighted by Crippen LogP contribution is 2.24. The number of fused-ring (bicyclic) bond motifs is 1. The second-order valence-electron chi connectivity index (χ2n) is 6.54. The number of benzene rings is 2. The van der Waals surface area contributed by atoms with Crippen LogP contribution in [0, 0.1) is 25.2 Å². The fourth-order valence-electron chi connectivity index (χ4n) is 3.13. The van der Waals surface area contributed by atoms with Crippen molar-refractivity contribution < 1.29 is 9.90 Å². The zero-order valence-corrected chi connectivity index (χ0v) is 15.3. The van der Waals surface area contributed by atoms with Crippen LogP contribution in [0.2, 0.25) is 0 Å². The first-order valence-electron chi connectivity index (χ1n) is 8.75. The van der Waals surface area contributed by atoms with E-state index in [2.05, 4.69) is 10.3 Å². The lowest BCUT2D eigenvalue weighted by atomic mass is 10.0. The van der Waals surface area contributed by atoms with Crippen molar-refractivity contribution in [2.45, 2.75) is 20.3 Å². The fraction of sp³-hybridized carbons (Fsp3) is 0.182. The lowest BCUT2D eigenvalue weighted by Gasteiger charge is -2.06. The highest BCUT2D eigenvalue weighted by Gasteiger charge is 2.11. The van der Waals surface area contributed by atoms with E-state index in [1.54, 1.807) is 32.1 Å². The number of rotatable bonds is 5. The molecule has 0 fully saturated rings. The van der Waals surface area contributed by atoms with Crippen molar-refractivity contribution in [1.29, 1.82) is 5.26 Å². The predicted molar refractivity (Wildman–Crippen MR) is 106 cm³/mol. The minimum Gasteiger partial charge on any atom is -0.507 e. The second kappa shape index (κ2) is 7.79. The Morgan fingerprint density at radius 3 is 2.67 bits per heavy atom. The summed E-state index contributed by atoms with van der Waals surface area (Å²) in [5.41, 5.74) is 4.36. The number of aryl methyl sites for hydroxylation is 2. The number of para-hydroxylation sites is 1. The monoisotopic (exact) mass is 359 g/mol. The van der Waals surface area contributed by atoms with Gasteiger partial charge in [0.25, 0.3) is 5.91 Å². The minimum absolute atomic E-state index is 0.0402. The molecule has 0 aliphatic heterocycles. The van der Waals surface area contributed by atoms with Gasteiger partial charge in [0.15, 0.2) is 0 Å². The third-order valence-corrected chi connectivity index (χ3v) is 4.54. The average Bonchev–Trinajstić information content (AvgIpc) is 3.07. The van der Waals surface area contributed by atoms with Gasteiger partial charge in [0.05, 0.1) is 0 Å². The summed E-state index contributed by atoms with van der Waals surface area (Å²) in [5, 5.41) is 23.1. The van der Waals surface area contributed by atoms with E-state index >= 15 is 0 Å². The fourth-order valence-corrected chi connectivity index (χ4v) is 3.13. The van der Waals surface area contributed by atoms with Gasteiger partial charge in [0.1, 0.15) is 17.4 Å². The number of hydrogen-bond acceptors (Lipinski definition) is 3. The zero-order chi connectivity index (χ0) is 19.4. The molecule has 0 unspecified atom stereocenters. The van der Waals surface area contributed by atoms with Gasteiger partial charge in [-0.2, -0.15) is 5.26 Å². The number of aromatic nitrogens is 1. The molecular formula is C22H21N3O2. The van der Waals surface area contributed by atoms with Crippen molar-refractivity contribution in [2.24, 2.45) is 0 Å². The first-order chi connectivity index (χ1) is 13.0. The molecule has 0 saturated carbocycles. The van der Waals surface area contributed by atoms with Gasteiger partial charge < -0.3 is 15.4 Å². The molecule has 0 spiro atoms. The largest absolute Gasteiger partial charge is 0.507 e. The molecule has 0 saturated heterocycles. The van der Waals surface area contributed by atoms with E-state index in [0.29, 0.717) is 29.7 Å². The van der Waals surface area contributed by atoms with Crippen molar-refractivity contribution in [3.63, 3.8) is 0 Å². The number of carbonyl (C=O) groups is 1. The van der Waals surface area contributed by atoms with Gasteiger partial charge in [-0.25, -0.2) is 0 Å². The molecule has 0 radical (unpaired) electrons. The Kier molecular flexibility index (Phi) is 5.28. The predicted octanol–water partition coefficient (Wildman–Crippen LogP) is 3.76. The topological polar surface area (TPSA) is 88.9 Å². The first-order valence-corrected chi connectivity index (χ1v) is 8.75. The van der Waals surface area contributed by atoms with Crippen molar-refractivity contribution >= 4 is 22.9 Å². The van der Waals surface area contributed by atoms with E-state index < -0.39 is 5.91 Å². The van der Waals surface area contributed by atoms with E-state index in [0.717, 1.165) is 16.5 Å². The average molecular weight is 359 g/mol. The third kappa shape index (κ3) is 4.01. The molecule has 0 aliphatic carbocycles. The van der Waals surface area contributed by atoms with Gasteiger partial charge in [-0.05, 0) is 66.8 Å². The third-order valence-electron chi connectivity index (χ3n) is 4.54. The molecule has 1 heterocycles. The van der Waals surface area contributed by atoms with Crippen LogP contribution in [0.5, 0.6) is 5.75 Å². The normalized spacial score (nSPS) is 11.4. The molecule has 27 heavy (non-hydrogen) atoms. The quantitative estimate of drug-likeness (QED) is 0.479. The van der Waals surface area contributed by atoms with Gasteiger partial charge in [-0.15, -0.1) is 0 Å². The van der Waals surface area contributed by atoms with Crippen molar-refractivity contribution in [3.05, 3.63) is 70.4 Å². The van der Waals surface area contributed by atoms with Crippen molar-refractivity contribution in [1.82, 2.24) is 10.3 Å². The van der Waals surface area contributed by atoms with Crippen LogP contribution in [-0.2, 0) is 11.2 Å². The van der Waals surface area contributed by atoms with Crippen LogP contribution in [0.15, 0.2) is 48.2 Å². The van der Waals surface area contributed by atoms with Crippen LogP contribution in [0.4, 0.5) is 0 Å². The van der Waals surface area contributed by atoms with Gasteiger partial charge in [0.2, 0.25) is 0 Å². The van der Waals surface area contributed by atoms with Crippen LogP contribution >= 0.6 is 0 Å². The van der Waals surface area contributed by atoms with E-state index in [9.17, 15) is 15.2 Å². The summed E-state index contributed by atoms with van der Waals surface area (Å²) in [5.74, 6) is -0.172. The Morgan fingerprint density at radius 2 is 1.96 bits per heavy atom. The van der Waals surface area contributed by atoms with Crippen LogP contribution < -0.4 is 5.32 Å². The number of nitrogens with zero attached hydrogens (tertiary/aromatic N) is 1. The van der Waals surface area contributed by atoms with Crippen LogP contribution in [0.25, 0.3) is 17.0 Å². The maximum Gasteiger partial charge on any atom is 0.261 e. The molecule has 0 aliphatic rings. The number of nitriles is 1. The van der Waals surface area contributed by atoms with Crippen LogP contribution in [0.3, 0.4) is 0 Å². The number of nitrogens with one attached hydrogen (secondary N) is 2. The molecule has 3 rings (SSSR count). The first kappa shape index (κ1) is 18.3. The minimum atomic E-state index is -0.402. The number of carbonyl (C=O) groups excluding carboxylic acids is 1. The molecule has 3 N–H and O–H groups in total. The van der Waals surface area contributed by atoms with Crippen molar-refractivity contribution in [2.75, 3.05) is 6.54 Å². The van der Waals surface area contributed by atoms with Crippen molar-refractivity contribution in [3.8, 4) is 11.8 Å². The maximum absolute atomic E-state index is 12.3. The van der Waals surface area contributed by atoms with E-state index in [1.165, 1.54) is 0 Å². The summed E-state index contributed by atoms with van der Waals surface area (Å²) in [6, 6.07) is 13.5. The summed E-state index contributed by atoms with van der Waals surface area (Å²) in [4.78, 5) is 15.6. The standard InChI is InChI=1S/C22H21N3O2/c1-14-9-16(10-15(2)21(14)26)11-18(12-23)22(27)24-8-7-17-13-25-20-6-4-3-5-19(17)20/h3-6,9-11,13,25-26H,7-8H2,1-2H3,(H,24,27). The Morgan fingerprint density at radius 1 is 1.26 bits per heavy atom. The summed E-state index contributed by atoms with van der Waals surface area (Å²) in [6.45, 7) is 4.01. The van der Waals surface area contributed by atoms with Gasteiger partial charge in [-0.1, -0.05) is 18.2 Å². The number of H-pyrrole nitrogens is 1. The molecule has 0 atom stereocenters. The Hall–Kier alpha value is -3.52. The zero-order valence-electron chi connectivity index (χ0n) is 15.3. The number of amides is 1. The van der Waals surface area contributed by atoms with Gasteiger partial charge in [-0.3, -0.25) is 4.79 Å². The summed E-state index contributed by atoms with van der Waals surface area (Å²) in [7, 11) is 0. The second-order valence-corrected chi connectivity index (χ2v) is 6.54. The number of aromatic hydroxyl groups is 1. The molecule has 136 valence electrons. The summed E-state index contributed by atoms with van der Waals surface area (Å²) < 4.78 is 0. The highest BCUT2D eigenvalue weighted by atomic mass is 16.3. The van der Waals surface area contributed by atoms with E-state index in [1.807, 2.05) is 36.5 Å². The SMILES string of the molecule is Cc1cc(C=C(C#N)C(=O)NCCc2c[nH]c3ccccc23)cc(C)c1O. The molecule has 3 aromatic rings. The Balaban J connectivity index is 1.68. The molecule has 5 heteroatoms. The number of aromatic amines is 1. The van der Waals surface area contributed by atoms with Gasteiger partial charge in [0, 0.05) is 23.6 Å². The molecule has 1 aromatic heterocycles. The van der Waals surface area contributed by atoms with E-state index in [-0.39, 0.29) is 11.3 Å². The summed E-state index contributed by atoms with van der Waals surface area (Å²) >= 11 is 0. The van der Waals surface area contributed by atoms with Gasteiger partial charge >= 0.3 is 0 Å². The molecule has 5 nitrogen and oxygen atoms in total. The number of hydrogen-bond donors (Lipinski definition) is 3. The van der Waals surface area contributed by atoms with Crippen LogP contribution in [0.1, 0.15) is 22.3 Å². The lowest BCUT2D eigenvalue weighted by molar-refractivity contribution is -0.117. The van der Waals surface area contributed by atoms with E-state index in [4.69, 9.17) is 0 Å². The maximum atomic E-state index is 12.3. The van der Waals surface area contributed by atoms with Crippen LogP contribution in [-0.4, -0.2) is 22.5 Å². The highest BCUT2D eigenvalue weighted by molar-refractivity contribution is 6.01. The number of phenolic OH excluding ortho intramolecular Hbond substituents is 1. The lowest BCUT2D eigenvalue weighted by Crippen LogP contribution is -2.26. The number of phenols is 1. The molecule has 2 aromatic carbocycles. The summed E-state index contributed by atoms with van der Waals surface area (Å²) in [6.07, 6.45) is 4.16.